The van der Waals surface area contributed by atoms with Gasteiger partial charge in [-0.05, 0) is 57.9 Å². The maximum atomic E-state index is 11.7. The van der Waals surface area contributed by atoms with Crippen molar-refractivity contribution in [3.8, 4) is 0 Å². The summed E-state index contributed by atoms with van der Waals surface area (Å²) in [5.41, 5.74) is 2.88. The second kappa shape index (κ2) is 6.69. The van der Waals surface area contributed by atoms with E-state index in [0.717, 1.165) is 34.1 Å². The largest absolute Gasteiger partial charge is 0.461 e. The molecule has 4 nitrogen and oxygen atoms in total. The highest BCUT2D eigenvalue weighted by Gasteiger charge is 2.24. The first-order chi connectivity index (χ1) is 13.7. The molecule has 1 aliphatic heterocycles. The van der Waals surface area contributed by atoms with Crippen LogP contribution in [0, 0.1) is 0 Å². The van der Waals surface area contributed by atoms with E-state index in [-0.39, 0.29) is 11.1 Å². The number of carbonyl (C=O) groups is 2. The van der Waals surface area contributed by atoms with Gasteiger partial charge in [0.25, 0.3) is 11.1 Å². The highest BCUT2D eigenvalue weighted by atomic mass is 32.2. The van der Waals surface area contributed by atoms with Gasteiger partial charge in [0.05, 0.1) is 4.91 Å². The number of amides is 2. The molecule has 1 aromatic heterocycles. The standard InChI is InChI=1S/C23H15NO3S/c25-22-21(28-23(26)24-22)11-14-8-9-20-17(10-14)13-18(27-20)12-16-6-3-5-15-4-1-2-7-19(15)16/h1-11,13H,12H2,(H,24,25,26)/b21-11-. The molecule has 0 atom stereocenters. The van der Waals surface area contributed by atoms with E-state index < -0.39 is 0 Å². The van der Waals surface area contributed by atoms with Crippen molar-refractivity contribution in [3.63, 3.8) is 0 Å². The molecular formula is C23H15NO3S. The number of benzene rings is 3. The molecule has 5 heteroatoms. The lowest BCUT2D eigenvalue weighted by Gasteiger charge is -2.04. The second-order valence-electron chi connectivity index (χ2n) is 6.68. The van der Waals surface area contributed by atoms with Crippen LogP contribution in [-0.4, -0.2) is 11.1 Å². The number of hydrogen-bond acceptors (Lipinski definition) is 4. The molecule has 0 aliphatic carbocycles. The van der Waals surface area contributed by atoms with E-state index in [0.29, 0.717) is 11.3 Å². The van der Waals surface area contributed by atoms with E-state index in [4.69, 9.17) is 4.42 Å². The van der Waals surface area contributed by atoms with Gasteiger partial charge in [-0.1, -0.05) is 48.5 Å². The van der Waals surface area contributed by atoms with Gasteiger partial charge in [0.1, 0.15) is 11.3 Å². The topological polar surface area (TPSA) is 59.3 Å². The summed E-state index contributed by atoms with van der Waals surface area (Å²) in [5, 5.41) is 5.35. The van der Waals surface area contributed by atoms with Crippen molar-refractivity contribution in [2.45, 2.75) is 6.42 Å². The molecule has 0 bridgehead atoms. The molecule has 0 saturated carbocycles. The summed E-state index contributed by atoms with van der Waals surface area (Å²) in [4.78, 5) is 23.4. The molecule has 4 aromatic rings. The minimum Gasteiger partial charge on any atom is -0.461 e. The average molecular weight is 385 g/mol. The lowest BCUT2D eigenvalue weighted by molar-refractivity contribution is -0.115. The molecule has 3 aromatic carbocycles. The Labute approximate surface area is 165 Å². The molecule has 0 radical (unpaired) electrons. The summed E-state index contributed by atoms with van der Waals surface area (Å²) >= 11 is 0.920. The second-order valence-corrected chi connectivity index (χ2v) is 7.69. The molecule has 1 saturated heterocycles. The highest BCUT2D eigenvalue weighted by molar-refractivity contribution is 8.18. The third kappa shape index (κ3) is 3.10. The first-order valence-corrected chi connectivity index (χ1v) is 9.71. The molecule has 1 N–H and O–H groups in total. The third-order valence-corrected chi connectivity index (χ3v) is 5.59. The highest BCUT2D eigenvalue weighted by Crippen LogP contribution is 2.29. The summed E-state index contributed by atoms with van der Waals surface area (Å²) in [6.07, 6.45) is 2.43. The third-order valence-electron chi connectivity index (χ3n) is 4.78. The molecule has 1 aliphatic rings. The van der Waals surface area contributed by atoms with Gasteiger partial charge in [-0.3, -0.25) is 14.9 Å². The van der Waals surface area contributed by atoms with Crippen LogP contribution in [0.15, 0.2) is 76.1 Å². The molecular weight excluding hydrogens is 370 g/mol. The van der Waals surface area contributed by atoms with E-state index in [9.17, 15) is 9.59 Å². The fourth-order valence-electron chi connectivity index (χ4n) is 3.50. The van der Waals surface area contributed by atoms with E-state index in [1.54, 1.807) is 6.08 Å². The van der Waals surface area contributed by atoms with Gasteiger partial charge >= 0.3 is 0 Å². The van der Waals surface area contributed by atoms with Crippen molar-refractivity contribution in [2.75, 3.05) is 0 Å². The van der Waals surface area contributed by atoms with Gasteiger partial charge in [0.2, 0.25) is 0 Å². The average Bonchev–Trinajstić information content (AvgIpc) is 3.23. The maximum Gasteiger partial charge on any atom is 0.290 e. The van der Waals surface area contributed by atoms with Crippen LogP contribution in [0.2, 0.25) is 0 Å². The van der Waals surface area contributed by atoms with Gasteiger partial charge in [-0.25, -0.2) is 0 Å². The van der Waals surface area contributed by atoms with Crippen molar-refractivity contribution < 1.29 is 14.0 Å². The molecule has 28 heavy (non-hydrogen) atoms. The number of fused-ring (bicyclic) bond motifs is 2. The number of imide groups is 1. The SMILES string of the molecule is O=C1NC(=O)/C(=C/c2ccc3oc(Cc4cccc5ccccc45)cc3c2)S1. The Morgan fingerprint density at radius 3 is 2.64 bits per heavy atom. The minimum absolute atomic E-state index is 0.335. The van der Waals surface area contributed by atoms with Crippen LogP contribution in [0.3, 0.4) is 0 Å². The van der Waals surface area contributed by atoms with Crippen LogP contribution in [0.25, 0.3) is 27.8 Å². The normalized spacial score (nSPS) is 15.6. The van der Waals surface area contributed by atoms with Gasteiger partial charge in [0, 0.05) is 11.8 Å². The van der Waals surface area contributed by atoms with Crippen molar-refractivity contribution in [1.82, 2.24) is 5.32 Å². The Hall–Kier alpha value is -3.31. The molecule has 136 valence electrons. The van der Waals surface area contributed by atoms with E-state index in [1.165, 1.54) is 16.3 Å². The molecule has 0 unspecified atom stereocenters. The van der Waals surface area contributed by atoms with Gasteiger partial charge in [-0.2, -0.15) is 0 Å². The minimum atomic E-state index is -0.348. The van der Waals surface area contributed by atoms with Crippen LogP contribution in [0.4, 0.5) is 4.79 Å². The Morgan fingerprint density at radius 1 is 0.929 bits per heavy atom. The van der Waals surface area contributed by atoms with Gasteiger partial charge in [-0.15, -0.1) is 0 Å². The van der Waals surface area contributed by atoms with Crippen molar-refractivity contribution in [2.24, 2.45) is 0 Å². The van der Waals surface area contributed by atoms with Crippen LogP contribution < -0.4 is 5.32 Å². The predicted octanol–water partition coefficient (Wildman–Crippen LogP) is 5.50. The monoisotopic (exact) mass is 385 g/mol. The van der Waals surface area contributed by atoms with E-state index in [2.05, 4.69) is 35.6 Å². The molecule has 2 heterocycles. The number of hydrogen-bond donors (Lipinski definition) is 1. The Bertz CT molecular complexity index is 1280. The Morgan fingerprint density at radius 2 is 1.79 bits per heavy atom. The smallest absolute Gasteiger partial charge is 0.290 e. The zero-order chi connectivity index (χ0) is 19.1. The van der Waals surface area contributed by atoms with Crippen LogP contribution in [-0.2, 0) is 11.2 Å². The fraction of sp³-hybridized carbons (Fsp3) is 0.0435. The molecule has 0 spiro atoms. The first-order valence-electron chi connectivity index (χ1n) is 8.90. The number of rotatable bonds is 3. The van der Waals surface area contributed by atoms with Crippen LogP contribution in [0.1, 0.15) is 16.9 Å². The van der Waals surface area contributed by atoms with E-state index in [1.807, 2.05) is 36.4 Å². The zero-order valence-electron chi connectivity index (χ0n) is 14.8. The Kier molecular flexibility index (Phi) is 4.02. The number of thioether (sulfide) groups is 1. The quantitative estimate of drug-likeness (QED) is 0.473. The van der Waals surface area contributed by atoms with Crippen molar-refractivity contribution in [1.29, 1.82) is 0 Å². The first kappa shape index (κ1) is 16.8. The van der Waals surface area contributed by atoms with Gasteiger partial charge in [0.15, 0.2) is 0 Å². The summed E-state index contributed by atoms with van der Waals surface area (Å²) in [7, 11) is 0. The summed E-state index contributed by atoms with van der Waals surface area (Å²) < 4.78 is 6.02. The molecule has 5 rings (SSSR count). The van der Waals surface area contributed by atoms with Crippen molar-refractivity contribution in [3.05, 3.63) is 88.5 Å². The number of carbonyl (C=O) groups excluding carboxylic acids is 2. The van der Waals surface area contributed by atoms with Gasteiger partial charge < -0.3 is 4.42 Å². The summed E-state index contributed by atoms with van der Waals surface area (Å²) in [5.74, 6) is 0.540. The summed E-state index contributed by atoms with van der Waals surface area (Å²) in [6.45, 7) is 0. The summed E-state index contributed by atoms with van der Waals surface area (Å²) in [6, 6.07) is 22.4. The lowest BCUT2D eigenvalue weighted by atomic mass is 10.0. The number of furan rings is 1. The maximum absolute atomic E-state index is 11.7. The lowest BCUT2D eigenvalue weighted by Crippen LogP contribution is -2.17. The predicted molar refractivity (Wildman–Crippen MR) is 112 cm³/mol. The zero-order valence-corrected chi connectivity index (χ0v) is 15.6. The fourth-order valence-corrected chi connectivity index (χ4v) is 4.18. The Balaban J connectivity index is 1.48. The van der Waals surface area contributed by atoms with Crippen LogP contribution >= 0.6 is 11.8 Å². The molecule has 2 amide bonds. The van der Waals surface area contributed by atoms with Crippen LogP contribution in [0.5, 0.6) is 0 Å². The number of nitrogens with one attached hydrogen (secondary N) is 1. The van der Waals surface area contributed by atoms with Crippen molar-refractivity contribution >= 4 is 50.7 Å². The van der Waals surface area contributed by atoms with E-state index >= 15 is 0 Å². The molecule has 1 fully saturated rings.